The lowest BCUT2D eigenvalue weighted by atomic mass is 10.0. The summed E-state index contributed by atoms with van der Waals surface area (Å²) >= 11 is 5.76. The molecule has 1 aromatic heterocycles. The molecule has 1 aliphatic rings. The van der Waals surface area contributed by atoms with Crippen molar-refractivity contribution in [3.63, 3.8) is 0 Å². The highest BCUT2D eigenvalue weighted by Crippen LogP contribution is 2.39. The van der Waals surface area contributed by atoms with E-state index in [1.165, 1.54) is 12.8 Å². The van der Waals surface area contributed by atoms with Crippen molar-refractivity contribution >= 4 is 11.6 Å². The second kappa shape index (κ2) is 4.45. The summed E-state index contributed by atoms with van der Waals surface area (Å²) in [6.45, 7) is 0. The van der Waals surface area contributed by atoms with Gasteiger partial charge in [0.15, 0.2) is 5.82 Å². The second-order valence-corrected chi connectivity index (χ2v) is 4.18. The fraction of sp³-hybridized carbons (Fsp3) is 0.636. The molecule has 1 aliphatic carbocycles. The van der Waals surface area contributed by atoms with Gasteiger partial charge in [0, 0.05) is 13.3 Å². The number of methoxy groups -OCH3 is 1. The maximum Gasteiger partial charge on any atom is 0.160 e. The predicted octanol–water partition coefficient (Wildman–Crippen LogP) is 2.63. The first-order valence-electron chi connectivity index (χ1n) is 5.24. The van der Waals surface area contributed by atoms with Gasteiger partial charge in [-0.05, 0) is 31.7 Å². The van der Waals surface area contributed by atoms with E-state index in [-0.39, 0.29) is 5.60 Å². The lowest BCUT2D eigenvalue weighted by Crippen LogP contribution is -2.27. The Labute approximate surface area is 94.8 Å². The number of hydrogen-bond donors (Lipinski definition) is 0. The van der Waals surface area contributed by atoms with Crippen LogP contribution in [0, 0.1) is 0 Å². The molecule has 1 fully saturated rings. The van der Waals surface area contributed by atoms with Crippen LogP contribution in [0.2, 0.25) is 0 Å². The maximum absolute atomic E-state index is 5.76. The minimum atomic E-state index is -0.262. The molecule has 0 N–H and O–H groups in total. The molecule has 0 amide bonds. The van der Waals surface area contributed by atoms with Gasteiger partial charge < -0.3 is 4.74 Å². The zero-order chi connectivity index (χ0) is 10.7. The van der Waals surface area contributed by atoms with E-state index in [0.717, 1.165) is 24.4 Å². The minimum absolute atomic E-state index is 0.262. The van der Waals surface area contributed by atoms with Crippen LogP contribution in [-0.2, 0) is 16.2 Å². The molecular weight excluding hydrogens is 212 g/mol. The molecule has 0 aliphatic heterocycles. The summed E-state index contributed by atoms with van der Waals surface area (Å²) in [4.78, 5) is 8.77. The molecule has 0 aromatic carbocycles. The highest BCUT2D eigenvalue weighted by atomic mass is 35.5. The Kier molecular flexibility index (Phi) is 3.22. The van der Waals surface area contributed by atoms with Crippen LogP contribution in [0.5, 0.6) is 0 Å². The van der Waals surface area contributed by atoms with E-state index >= 15 is 0 Å². The van der Waals surface area contributed by atoms with E-state index in [4.69, 9.17) is 16.3 Å². The lowest BCUT2D eigenvalue weighted by Gasteiger charge is -2.25. The largest absolute Gasteiger partial charge is 0.370 e. The smallest absolute Gasteiger partial charge is 0.160 e. The van der Waals surface area contributed by atoms with Crippen LogP contribution in [0.1, 0.15) is 37.2 Å². The first-order valence-corrected chi connectivity index (χ1v) is 5.78. The minimum Gasteiger partial charge on any atom is -0.370 e. The van der Waals surface area contributed by atoms with Gasteiger partial charge in [0.25, 0.3) is 0 Å². The fourth-order valence-corrected chi connectivity index (χ4v) is 2.30. The highest BCUT2D eigenvalue weighted by Gasteiger charge is 2.38. The number of halogens is 1. The quantitative estimate of drug-likeness (QED) is 0.744. The number of hydrogen-bond acceptors (Lipinski definition) is 3. The molecule has 1 heterocycles. The zero-order valence-electron chi connectivity index (χ0n) is 8.87. The molecule has 3 nitrogen and oxygen atoms in total. The van der Waals surface area contributed by atoms with Gasteiger partial charge in [-0.1, -0.05) is 0 Å². The number of nitrogens with zero attached hydrogens (tertiary/aromatic N) is 2. The number of rotatable bonds is 3. The predicted molar refractivity (Wildman–Crippen MR) is 58.7 cm³/mol. The maximum atomic E-state index is 5.76. The lowest BCUT2D eigenvalue weighted by molar-refractivity contribution is -0.0164. The van der Waals surface area contributed by atoms with Crippen molar-refractivity contribution < 1.29 is 4.74 Å². The highest BCUT2D eigenvalue weighted by molar-refractivity contribution is 6.16. The van der Waals surface area contributed by atoms with Crippen molar-refractivity contribution in [1.82, 2.24) is 9.97 Å². The SMILES string of the molecule is COC1(c2nccc(CCl)n2)CCCC1. The Balaban J connectivity index is 2.33. The van der Waals surface area contributed by atoms with Crippen molar-refractivity contribution in [3.05, 3.63) is 23.8 Å². The molecule has 82 valence electrons. The molecule has 15 heavy (non-hydrogen) atoms. The molecule has 1 aromatic rings. The Morgan fingerprint density at radius 2 is 2.20 bits per heavy atom. The zero-order valence-corrected chi connectivity index (χ0v) is 9.63. The van der Waals surface area contributed by atoms with Crippen molar-refractivity contribution in [2.45, 2.75) is 37.2 Å². The average Bonchev–Trinajstić information content (AvgIpc) is 2.79. The third-order valence-electron chi connectivity index (χ3n) is 3.06. The summed E-state index contributed by atoms with van der Waals surface area (Å²) in [5.41, 5.74) is 0.604. The van der Waals surface area contributed by atoms with Crippen LogP contribution in [-0.4, -0.2) is 17.1 Å². The number of aromatic nitrogens is 2. The molecule has 0 radical (unpaired) electrons. The molecule has 4 heteroatoms. The monoisotopic (exact) mass is 226 g/mol. The van der Waals surface area contributed by atoms with E-state index in [1.54, 1.807) is 13.3 Å². The van der Waals surface area contributed by atoms with Gasteiger partial charge in [0.2, 0.25) is 0 Å². The van der Waals surface area contributed by atoms with Gasteiger partial charge in [-0.2, -0.15) is 0 Å². The first kappa shape index (κ1) is 10.8. The topological polar surface area (TPSA) is 35.0 Å². The van der Waals surface area contributed by atoms with Gasteiger partial charge in [-0.3, -0.25) is 0 Å². The third-order valence-corrected chi connectivity index (χ3v) is 3.33. The fourth-order valence-electron chi connectivity index (χ4n) is 2.16. The van der Waals surface area contributed by atoms with Crippen LogP contribution in [0.25, 0.3) is 0 Å². The summed E-state index contributed by atoms with van der Waals surface area (Å²) in [5.74, 6) is 1.22. The Bertz CT molecular complexity index is 337. The first-order chi connectivity index (χ1) is 7.30. The summed E-state index contributed by atoms with van der Waals surface area (Å²) in [6, 6.07) is 1.84. The van der Waals surface area contributed by atoms with Crippen molar-refractivity contribution in [2.75, 3.05) is 7.11 Å². The molecule has 1 saturated carbocycles. The van der Waals surface area contributed by atoms with Crippen molar-refractivity contribution in [1.29, 1.82) is 0 Å². The van der Waals surface area contributed by atoms with Crippen molar-refractivity contribution in [3.8, 4) is 0 Å². The summed E-state index contributed by atoms with van der Waals surface area (Å²) in [6.07, 6.45) is 6.15. The van der Waals surface area contributed by atoms with Crippen LogP contribution >= 0.6 is 11.6 Å². The van der Waals surface area contributed by atoms with E-state index in [2.05, 4.69) is 9.97 Å². The summed E-state index contributed by atoms with van der Waals surface area (Å²) in [7, 11) is 1.74. The average molecular weight is 227 g/mol. The standard InChI is InChI=1S/C11H15ClN2O/c1-15-11(5-2-3-6-11)10-13-7-4-9(8-12)14-10/h4,7H,2-3,5-6,8H2,1H3. The van der Waals surface area contributed by atoms with Crippen LogP contribution < -0.4 is 0 Å². The van der Waals surface area contributed by atoms with E-state index in [1.807, 2.05) is 6.07 Å². The molecule has 0 saturated heterocycles. The van der Waals surface area contributed by atoms with E-state index in [0.29, 0.717) is 5.88 Å². The Morgan fingerprint density at radius 3 is 2.80 bits per heavy atom. The summed E-state index contributed by atoms with van der Waals surface area (Å²) in [5, 5.41) is 0. The number of ether oxygens (including phenoxy) is 1. The van der Waals surface area contributed by atoms with Crippen LogP contribution in [0.15, 0.2) is 12.3 Å². The summed E-state index contributed by atoms with van der Waals surface area (Å²) < 4.78 is 5.62. The third kappa shape index (κ3) is 1.99. The molecular formula is C11H15ClN2O. The second-order valence-electron chi connectivity index (χ2n) is 3.91. The Morgan fingerprint density at radius 1 is 1.47 bits per heavy atom. The van der Waals surface area contributed by atoms with Crippen molar-refractivity contribution in [2.24, 2.45) is 0 Å². The van der Waals surface area contributed by atoms with E-state index < -0.39 is 0 Å². The van der Waals surface area contributed by atoms with Gasteiger partial charge in [0.05, 0.1) is 11.6 Å². The van der Waals surface area contributed by atoms with E-state index in [9.17, 15) is 0 Å². The molecule has 0 atom stereocenters. The number of alkyl halides is 1. The molecule has 2 rings (SSSR count). The van der Waals surface area contributed by atoms with Gasteiger partial charge in [-0.15, -0.1) is 11.6 Å². The van der Waals surface area contributed by atoms with Gasteiger partial charge in [-0.25, -0.2) is 9.97 Å². The van der Waals surface area contributed by atoms with Crippen LogP contribution in [0.4, 0.5) is 0 Å². The Hall–Kier alpha value is -0.670. The molecule has 0 bridgehead atoms. The van der Waals surface area contributed by atoms with Gasteiger partial charge >= 0.3 is 0 Å². The van der Waals surface area contributed by atoms with Crippen LogP contribution in [0.3, 0.4) is 0 Å². The van der Waals surface area contributed by atoms with Gasteiger partial charge in [0.1, 0.15) is 5.60 Å². The normalized spacial score (nSPS) is 19.3. The molecule has 0 spiro atoms. The molecule has 0 unspecified atom stereocenters.